The molecule has 0 aliphatic rings. The molecule has 0 unspecified atom stereocenters. The van der Waals surface area contributed by atoms with E-state index in [1.54, 1.807) is 0 Å². The summed E-state index contributed by atoms with van der Waals surface area (Å²) in [5.41, 5.74) is 0. The van der Waals surface area contributed by atoms with Crippen molar-refractivity contribution in [2.24, 2.45) is 0 Å². The lowest BCUT2D eigenvalue weighted by Crippen LogP contribution is -2.67. The average molecular weight is 312 g/mol. The van der Waals surface area contributed by atoms with Crippen LogP contribution in [-0.2, 0) is 4.79 Å². The molecule has 114 valence electrons. The highest BCUT2D eigenvalue weighted by Crippen LogP contribution is 2.57. The van der Waals surface area contributed by atoms with Crippen LogP contribution in [0, 0.1) is 0 Å². The van der Waals surface area contributed by atoms with Gasteiger partial charge >= 0.3 is 29.9 Å². The lowest BCUT2D eigenvalue weighted by atomic mass is 9.96. The van der Waals surface area contributed by atoms with Crippen LogP contribution < -0.4 is 0 Å². The van der Waals surface area contributed by atoms with Crippen LogP contribution in [0.5, 0.6) is 0 Å². The Bertz CT molecular complexity index is 366. The third-order valence-electron chi connectivity index (χ3n) is 1.98. The number of hydrogen-bond donors (Lipinski definition) is 0. The first-order valence-corrected chi connectivity index (χ1v) is 4.03. The van der Waals surface area contributed by atoms with Gasteiger partial charge in [0.05, 0.1) is 0 Å². The number of rotatable bonds is 4. The first-order chi connectivity index (χ1) is 7.94. The van der Waals surface area contributed by atoms with Crippen molar-refractivity contribution < 1.29 is 53.1 Å². The van der Waals surface area contributed by atoms with E-state index >= 15 is 0 Å². The molecule has 0 spiro atoms. The predicted molar refractivity (Wildman–Crippen MR) is 36.5 cm³/mol. The van der Waals surface area contributed by atoms with Crippen LogP contribution in [0.25, 0.3) is 0 Å². The Morgan fingerprint density at radius 1 is 0.632 bits per heavy atom. The van der Waals surface area contributed by atoms with Crippen molar-refractivity contribution in [3.05, 3.63) is 0 Å². The van der Waals surface area contributed by atoms with E-state index in [4.69, 9.17) is 0 Å². The van der Waals surface area contributed by atoms with Crippen LogP contribution in [0.2, 0.25) is 0 Å². The number of carbonyl (C=O) groups excluding carboxylic acids is 1. The predicted octanol–water partition coefficient (Wildman–Crippen LogP) is 3.68. The Balaban J connectivity index is 5.99. The minimum Gasteiger partial charge on any atom is -0.293 e. The SMILES string of the molecule is CC(=O)C(F)(F)C(F)(F)C(F)(F)C(F)(F)C(F)(F)F. The summed E-state index contributed by atoms with van der Waals surface area (Å²) in [6.45, 7) is -0.365. The molecule has 0 saturated heterocycles. The van der Waals surface area contributed by atoms with Crippen molar-refractivity contribution in [2.45, 2.75) is 36.8 Å². The average Bonchev–Trinajstić information content (AvgIpc) is 2.14. The summed E-state index contributed by atoms with van der Waals surface area (Å²) in [4.78, 5) is 10.0. The van der Waals surface area contributed by atoms with Crippen molar-refractivity contribution in [3.63, 3.8) is 0 Å². The lowest BCUT2D eigenvalue weighted by Gasteiger charge is -2.36. The fourth-order valence-corrected chi connectivity index (χ4v) is 0.793. The van der Waals surface area contributed by atoms with Gasteiger partial charge in [-0.15, -0.1) is 0 Å². The monoisotopic (exact) mass is 312 g/mol. The number of Topliss-reactive ketones (excluding diaryl/α,β-unsaturated/α-hetero) is 1. The van der Waals surface area contributed by atoms with Gasteiger partial charge in [0.1, 0.15) is 0 Å². The van der Waals surface area contributed by atoms with Crippen LogP contribution in [0.1, 0.15) is 6.92 Å². The molecular formula is C7H3F11O. The Hall–Kier alpha value is -1.10. The van der Waals surface area contributed by atoms with Crippen molar-refractivity contribution >= 4 is 5.78 Å². The van der Waals surface area contributed by atoms with Gasteiger partial charge in [-0.1, -0.05) is 0 Å². The molecule has 0 aliphatic heterocycles. The van der Waals surface area contributed by atoms with Crippen molar-refractivity contribution in [1.82, 2.24) is 0 Å². The molecule has 0 fully saturated rings. The van der Waals surface area contributed by atoms with Gasteiger partial charge in [-0.05, 0) is 0 Å². The number of carbonyl (C=O) groups is 1. The normalized spacial score (nSPS) is 15.6. The van der Waals surface area contributed by atoms with E-state index in [9.17, 15) is 53.1 Å². The number of halogens is 11. The third-order valence-corrected chi connectivity index (χ3v) is 1.98. The van der Waals surface area contributed by atoms with Crippen LogP contribution >= 0.6 is 0 Å². The summed E-state index contributed by atoms with van der Waals surface area (Å²) >= 11 is 0. The Labute approximate surface area is 96.9 Å². The van der Waals surface area contributed by atoms with Gasteiger partial charge in [-0.2, -0.15) is 48.3 Å². The van der Waals surface area contributed by atoms with Crippen molar-refractivity contribution in [3.8, 4) is 0 Å². The number of alkyl halides is 11. The first-order valence-electron chi connectivity index (χ1n) is 4.03. The molecule has 0 heterocycles. The van der Waals surface area contributed by atoms with E-state index in [0.29, 0.717) is 0 Å². The van der Waals surface area contributed by atoms with Gasteiger partial charge in [0.15, 0.2) is 0 Å². The molecule has 19 heavy (non-hydrogen) atoms. The largest absolute Gasteiger partial charge is 0.460 e. The molecule has 0 amide bonds. The zero-order chi connectivity index (χ0) is 16.1. The van der Waals surface area contributed by atoms with Crippen molar-refractivity contribution in [1.29, 1.82) is 0 Å². The topological polar surface area (TPSA) is 17.1 Å². The van der Waals surface area contributed by atoms with Gasteiger partial charge < -0.3 is 0 Å². The fraction of sp³-hybridized carbons (Fsp3) is 0.857. The first kappa shape index (κ1) is 17.9. The van der Waals surface area contributed by atoms with E-state index in [1.807, 2.05) is 0 Å². The van der Waals surface area contributed by atoms with E-state index in [2.05, 4.69) is 0 Å². The van der Waals surface area contributed by atoms with E-state index in [-0.39, 0.29) is 6.92 Å². The zero-order valence-corrected chi connectivity index (χ0v) is 8.57. The minimum absolute atomic E-state index is 0.365. The molecule has 0 atom stereocenters. The molecule has 0 aromatic heterocycles. The maximum absolute atomic E-state index is 12.6. The summed E-state index contributed by atoms with van der Waals surface area (Å²) in [7, 11) is 0. The summed E-state index contributed by atoms with van der Waals surface area (Å²) in [5.74, 6) is -31.6. The molecule has 0 saturated carbocycles. The second-order valence-electron chi connectivity index (χ2n) is 3.35. The van der Waals surface area contributed by atoms with Crippen LogP contribution in [0.4, 0.5) is 48.3 Å². The molecular weight excluding hydrogens is 309 g/mol. The third kappa shape index (κ3) is 2.24. The zero-order valence-electron chi connectivity index (χ0n) is 8.57. The Kier molecular flexibility index (Phi) is 3.96. The highest BCUT2D eigenvalue weighted by Gasteiger charge is 2.87. The number of ketones is 1. The summed E-state index contributed by atoms with van der Waals surface area (Å²) < 4.78 is 134. The summed E-state index contributed by atoms with van der Waals surface area (Å²) in [6.07, 6.45) is -7.22. The molecule has 0 bridgehead atoms. The highest BCUT2D eigenvalue weighted by atomic mass is 19.4. The Morgan fingerprint density at radius 2 is 0.947 bits per heavy atom. The van der Waals surface area contributed by atoms with Gasteiger partial charge in [-0.3, -0.25) is 4.79 Å². The van der Waals surface area contributed by atoms with Gasteiger partial charge in [0.25, 0.3) is 0 Å². The second kappa shape index (κ2) is 4.20. The lowest BCUT2D eigenvalue weighted by molar-refractivity contribution is -0.416. The Morgan fingerprint density at radius 3 is 1.16 bits per heavy atom. The van der Waals surface area contributed by atoms with E-state index in [1.165, 1.54) is 0 Å². The molecule has 12 heteroatoms. The highest BCUT2D eigenvalue weighted by molar-refractivity contribution is 5.84. The van der Waals surface area contributed by atoms with Crippen LogP contribution in [0.3, 0.4) is 0 Å². The van der Waals surface area contributed by atoms with E-state index in [0.717, 1.165) is 0 Å². The molecule has 0 rings (SSSR count). The minimum atomic E-state index is -7.52. The molecule has 0 aliphatic carbocycles. The van der Waals surface area contributed by atoms with Gasteiger partial charge in [0, 0.05) is 6.92 Å². The summed E-state index contributed by atoms with van der Waals surface area (Å²) in [5, 5.41) is 0. The van der Waals surface area contributed by atoms with Crippen LogP contribution in [-0.4, -0.2) is 35.6 Å². The standard InChI is InChI=1S/C7H3F11O/c1-2(19)3(8,9)4(10,11)5(12,13)6(14,15)7(16,17)18/h1H3. The maximum atomic E-state index is 12.6. The van der Waals surface area contributed by atoms with Crippen molar-refractivity contribution in [2.75, 3.05) is 0 Å². The van der Waals surface area contributed by atoms with Gasteiger partial charge in [0.2, 0.25) is 5.78 Å². The number of hydrogen-bond acceptors (Lipinski definition) is 1. The quantitative estimate of drug-likeness (QED) is 0.724. The smallest absolute Gasteiger partial charge is 0.293 e. The second-order valence-corrected chi connectivity index (χ2v) is 3.35. The molecule has 0 radical (unpaired) electrons. The molecule has 0 aromatic carbocycles. The fourth-order valence-electron chi connectivity index (χ4n) is 0.793. The molecule has 1 nitrogen and oxygen atoms in total. The summed E-state index contributed by atoms with van der Waals surface area (Å²) in [6, 6.07) is 0. The molecule has 0 aromatic rings. The van der Waals surface area contributed by atoms with Crippen LogP contribution in [0.15, 0.2) is 0 Å². The van der Waals surface area contributed by atoms with Gasteiger partial charge in [-0.25, -0.2) is 0 Å². The van der Waals surface area contributed by atoms with E-state index < -0.39 is 35.6 Å². The maximum Gasteiger partial charge on any atom is 0.460 e. The molecule has 0 N–H and O–H groups in total.